The molecule has 0 fully saturated rings. The van der Waals surface area contributed by atoms with E-state index in [1.807, 2.05) is 6.92 Å². The summed E-state index contributed by atoms with van der Waals surface area (Å²) in [5, 5.41) is 13.1. The van der Waals surface area contributed by atoms with Crippen LogP contribution in [0.15, 0.2) is 47.4 Å². The van der Waals surface area contributed by atoms with Gasteiger partial charge < -0.3 is 19.9 Å². The van der Waals surface area contributed by atoms with Crippen LogP contribution in [0.3, 0.4) is 0 Å². The second kappa shape index (κ2) is 10.7. The Morgan fingerprint density at radius 3 is 2.46 bits per heavy atom. The molecule has 0 aliphatic rings. The van der Waals surface area contributed by atoms with Gasteiger partial charge >= 0.3 is 6.18 Å². The minimum absolute atomic E-state index is 0.0785. The molecule has 3 heterocycles. The summed E-state index contributed by atoms with van der Waals surface area (Å²) in [5.74, 6) is -1.31. The van der Waals surface area contributed by atoms with E-state index in [0.717, 1.165) is 19.9 Å². The minimum atomic E-state index is -4.58. The number of hydrogen-bond acceptors (Lipinski definition) is 8. The third kappa shape index (κ3) is 5.99. The molecule has 2 N–H and O–H groups in total. The fraction of sp³-hybridized carbons (Fsp3) is 0.320. The van der Waals surface area contributed by atoms with Gasteiger partial charge in [-0.25, -0.2) is 14.4 Å². The van der Waals surface area contributed by atoms with E-state index in [1.54, 1.807) is 16.9 Å². The van der Waals surface area contributed by atoms with Crippen LogP contribution >= 0.6 is 0 Å². The number of amides is 1. The van der Waals surface area contributed by atoms with Crippen molar-refractivity contribution in [3.63, 3.8) is 0 Å². The second-order valence-corrected chi connectivity index (χ2v) is 9.06. The van der Waals surface area contributed by atoms with Gasteiger partial charge in [-0.05, 0) is 38.0 Å². The minimum Gasteiger partial charge on any atom is -0.478 e. The summed E-state index contributed by atoms with van der Waals surface area (Å²) in [6, 6.07) is 5.27. The van der Waals surface area contributed by atoms with Gasteiger partial charge in [0.25, 0.3) is 5.88 Å². The molecule has 206 valence electrons. The lowest BCUT2D eigenvalue weighted by Crippen LogP contribution is -2.35. The molecule has 10 nitrogen and oxygen atoms in total. The van der Waals surface area contributed by atoms with Crippen molar-refractivity contribution in [2.75, 3.05) is 17.7 Å². The Kier molecular flexibility index (Phi) is 7.56. The van der Waals surface area contributed by atoms with E-state index in [1.165, 1.54) is 31.6 Å². The Bertz CT molecular complexity index is 1460. The summed E-state index contributed by atoms with van der Waals surface area (Å²) in [7, 11) is 1.50. The Morgan fingerprint density at radius 2 is 1.85 bits per heavy atom. The van der Waals surface area contributed by atoms with Gasteiger partial charge in [0.1, 0.15) is 16.9 Å². The van der Waals surface area contributed by atoms with Crippen LogP contribution in [0.2, 0.25) is 0 Å². The Hall–Kier alpha value is -4.49. The lowest BCUT2D eigenvalue weighted by molar-refractivity contribution is -0.185. The Balaban J connectivity index is 1.40. The molecule has 0 spiro atoms. The SMILES string of the molecule is CCn1cc(Nc2ncc(-c3ccc(CC(=O)Nc4cc(C(C)(C)C(F)(F)F)on4)c(F)c3)cn2)c(OC)n1. The molecule has 4 aromatic rings. The first-order chi connectivity index (χ1) is 18.4. The number of hydrogen-bond donors (Lipinski definition) is 2. The zero-order chi connectivity index (χ0) is 28.4. The Labute approximate surface area is 220 Å². The third-order valence-electron chi connectivity index (χ3n) is 5.98. The van der Waals surface area contributed by atoms with Gasteiger partial charge in [0.2, 0.25) is 11.9 Å². The smallest absolute Gasteiger partial charge is 0.401 e. The van der Waals surface area contributed by atoms with Gasteiger partial charge in [-0.3, -0.25) is 9.48 Å². The number of halogens is 4. The molecule has 0 bridgehead atoms. The van der Waals surface area contributed by atoms with Crippen LogP contribution < -0.4 is 15.4 Å². The van der Waals surface area contributed by atoms with E-state index >= 15 is 0 Å². The molecule has 39 heavy (non-hydrogen) atoms. The highest BCUT2D eigenvalue weighted by Crippen LogP contribution is 2.41. The molecule has 0 unspecified atom stereocenters. The largest absolute Gasteiger partial charge is 0.478 e. The number of carbonyl (C=O) groups excluding carboxylic acids is 1. The summed E-state index contributed by atoms with van der Waals surface area (Å²) in [5.41, 5.74) is -0.612. The molecule has 1 amide bonds. The topological polar surface area (TPSA) is 120 Å². The molecular weight excluding hydrogens is 522 g/mol. The average molecular weight is 548 g/mol. The zero-order valence-corrected chi connectivity index (χ0v) is 21.4. The van der Waals surface area contributed by atoms with E-state index in [9.17, 15) is 22.4 Å². The lowest BCUT2D eigenvalue weighted by atomic mass is 9.89. The number of ether oxygens (including phenoxy) is 1. The molecule has 0 atom stereocenters. The maximum atomic E-state index is 14.8. The van der Waals surface area contributed by atoms with Crippen molar-refractivity contribution in [1.29, 1.82) is 0 Å². The molecule has 14 heteroatoms. The first kappa shape index (κ1) is 27.5. The standard InChI is InChI=1S/C25H25F4N7O3/c1-5-36-13-18(22(34-36)38-4)32-23-30-11-16(12-31-23)14-6-7-15(17(26)8-14)9-21(37)33-20-10-19(39-35-20)24(2,3)25(27,28)29/h6-8,10-13H,5,9H2,1-4H3,(H,30,31,32)(H,33,35,37). The van der Waals surface area contributed by atoms with E-state index in [-0.39, 0.29) is 23.8 Å². The maximum Gasteiger partial charge on any atom is 0.401 e. The maximum absolute atomic E-state index is 14.8. The van der Waals surface area contributed by atoms with Crippen molar-refractivity contribution in [3.8, 4) is 17.0 Å². The quantitative estimate of drug-likeness (QED) is 0.272. The fourth-order valence-corrected chi connectivity index (χ4v) is 3.46. The van der Waals surface area contributed by atoms with Gasteiger partial charge in [-0.15, -0.1) is 5.10 Å². The number of benzene rings is 1. The highest BCUT2D eigenvalue weighted by Gasteiger charge is 2.51. The summed E-state index contributed by atoms with van der Waals surface area (Å²) in [6.07, 6.45) is -0.169. The number of aryl methyl sites for hydroxylation is 1. The molecule has 0 aliphatic heterocycles. The van der Waals surface area contributed by atoms with Gasteiger partial charge in [0.15, 0.2) is 11.6 Å². The number of methoxy groups -OCH3 is 1. The third-order valence-corrected chi connectivity index (χ3v) is 5.98. The van der Waals surface area contributed by atoms with Crippen LogP contribution in [-0.4, -0.2) is 44.1 Å². The van der Waals surface area contributed by atoms with Gasteiger partial charge in [-0.1, -0.05) is 17.3 Å². The number of aromatic nitrogens is 5. The average Bonchev–Trinajstić information content (AvgIpc) is 3.52. The van der Waals surface area contributed by atoms with Crippen molar-refractivity contribution in [1.82, 2.24) is 24.9 Å². The summed E-state index contributed by atoms with van der Waals surface area (Å²) < 4.78 is 66.1. The summed E-state index contributed by atoms with van der Waals surface area (Å²) >= 11 is 0. The normalized spacial score (nSPS) is 11.9. The number of nitrogens with one attached hydrogen (secondary N) is 2. The second-order valence-electron chi connectivity index (χ2n) is 9.06. The van der Waals surface area contributed by atoms with E-state index in [2.05, 4.69) is 30.9 Å². The van der Waals surface area contributed by atoms with Crippen molar-refractivity contribution < 1.29 is 31.6 Å². The fourth-order valence-electron chi connectivity index (χ4n) is 3.46. The van der Waals surface area contributed by atoms with Crippen molar-refractivity contribution >= 4 is 23.4 Å². The highest BCUT2D eigenvalue weighted by molar-refractivity contribution is 5.91. The van der Waals surface area contributed by atoms with Crippen LogP contribution in [-0.2, 0) is 23.2 Å². The summed E-state index contributed by atoms with van der Waals surface area (Å²) in [6.45, 7) is 4.46. The zero-order valence-electron chi connectivity index (χ0n) is 21.4. The predicted octanol–water partition coefficient (Wildman–Crippen LogP) is 5.26. The van der Waals surface area contributed by atoms with Crippen LogP contribution in [0.5, 0.6) is 5.88 Å². The first-order valence-corrected chi connectivity index (χ1v) is 11.7. The van der Waals surface area contributed by atoms with E-state index in [0.29, 0.717) is 29.2 Å². The predicted molar refractivity (Wildman–Crippen MR) is 133 cm³/mol. The number of carbonyl (C=O) groups is 1. The van der Waals surface area contributed by atoms with Crippen LogP contribution in [0.4, 0.5) is 35.0 Å². The molecule has 0 saturated heterocycles. The lowest BCUT2D eigenvalue weighted by Gasteiger charge is -2.24. The molecular formula is C25H25F4N7O3. The van der Waals surface area contributed by atoms with Gasteiger partial charge in [0, 0.05) is 30.6 Å². The van der Waals surface area contributed by atoms with Crippen molar-refractivity contribution in [3.05, 3.63) is 60.0 Å². The summed E-state index contributed by atoms with van der Waals surface area (Å²) in [4.78, 5) is 20.9. The first-order valence-electron chi connectivity index (χ1n) is 11.7. The molecule has 0 aliphatic carbocycles. The number of rotatable bonds is 9. The molecule has 0 saturated carbocycles. The van der Waals surface area contributed by atoms with Crippen molar-refractivity contribution in [2.45, 2.75) is 45.3 Å². The highest BCUT2D eigenvalue weighted by atomic mass is 19.4. The van der Waals surface area contributed by atoms with E-state index < -0.39 is 29.1 Å². The molecule has 4 rings (SSSR count). The van der Waals surface area contributed by atoms with Crippen LogP contribution in [0.1, 0.15) is 32.1 Å². The number of alkyl halides is 3. The molecule has 0 radical (unpaired) electrons. The molecule has 1 aromatic carbocycles. The van der Waals surface area contributed by atoms with Crippen LogP contribution in [0.25, 0.3) is 11.1 Å². The monoisotopic (exact) mass is 547 g/mol. The number of anilines is 3. The molecule has 3 aromatic heterocycles. The Morgan fingerprint density at radius 1 is 1.13 bits per heavy atom. The van der Waals surface area contributed by atoms with Gasteiger partial charge in [0.05, 0.1) is 19.7 Å². The van der Waals surface area contributed by atoms with Crippen molar-refractivity contribution in [2.24, 2.45) is 0 Å². The number of nitrogens with zero attached hydrogens (tertiary/aromatic N) is 5. The van der Waals surface area contributed by atoms with Crippen LogP contribution in [0, 0.1) is 5.82 Å². The van der Waals surface area contributed by atoms with E-state index in [4.69, 9.17) is 9.26 Å². The van der Waals surface area contributed by atoms with Gasteiger partial charge in [-0.2, -0.15) is 13.2 Å².